The van der Waals surface area contributed by atoms with Crippen LogP contribution in [0.5, 0.6) is 0 Å². The van der Waals surface area contributed by atoms with Crippen molar-refractivity contribution in [2.24, 2.45) is 0 Å². The maximum absolute atomic E-state index is 3.15. The van der Waals surface area contributed by atoms with E-state index in [1.165, 1.54) is 5.57 Å². The summed E-state index contributed by atoms with van der Waals surface area (Å²) in [5.41, 5.74) is 2.37. The van der Waals surface area contributed by atoms with Crippen LogP contribution in [0.15, 0.2) is 47.6 Å². The van der Waals surface area contributed by atoms with E-state index in [1.807, 2.05) is 0 Å². The molecule has 0 bridgehead atoms. The minimum Gasteiger partial charge on any atom is -0.0795 e. The van der Waals surface area contributed by atoms with Gasteiger partial charge < -0.3 is 0 Å². The molecule has 0 heterocycles. The first-order valence-corrected chi connectivity index (χ1v) is 4.19. The molecule has 0 aromatic carbocycles. The molecule has 0 aromatic rings. The smallest absolute Gasteiger partial charge is 0.0209 e. The van der Waals surface area contributed by atoms with Crippen molar-refractivity contribution in [1.29, 1.82) is 0 Å². The molecular weight excluding hydrogens is 144 g/mol. The lowest BCUT2D eigenvalue weighted by Gasteiger charge is -1.84. The van der Waals surface area contributed by atoms with Gasteiger partial charge in [0.25, 0.3) is 0 Å². The summed E-state index contributed by atoms with van der Waals surface area (Å²) in [5, 5.41) is 0. The SMILES string of the molecule is C(#CC1=CC=CC1)C1=CCC=C1. The largest absolute Gasteiger partial charge is 0.0795 e. The third-order valence-corrected chi connectivity index (χ3v) is 1.91. The van der Waals surface area contributed by atoms with E-state index < -0.39 is 0 Å². The molecular formula is C12H10. The lowest BCUT2D eigenvalue weighted by molar-refractivity contribution is 1.36. The normalized spacial score (nSPS) is 18.7. The van der Waals surface area contributed by atoms with E-state index in [4.69, 9.17) is 0 Å². The fraction of sp³-hybridized carbons (Fsp3) is 0.167. The average Bonchev–Trinajstić information content (AvgIpc) is 2.74. The van der Waals surface area contributed by atoms with E-state index >= 15 is 0 Å². The number of hydrogen-bond donors (Lipinski definition) is 0. The van der Waals surface area contributed by atoms with Gasteiger partial charge in [0.1, 0.15) is 0 Å². The topological polar surface area (TPSA) is 0 Å². The second-order valence-electron chi connectivity index (χ2n) is 2.87. The summed E-state index contributed by atoms with van der Waals surface area (Å²) < 4.78 is 0. The summed E-state index contributed by atoms with van der Waals surface area (Å²) in [7, 11) is 0. The van der Waals surface area contributed by atoms with Gasteiger partial charge >= 0.3 is 0 Å². The van der Waals surface area contributed by atoms with Crippen molar-refractivity contribution in [1.82, 2.24) is 0 Å². The molecule has 2 rings (SSSR count). The van der Waals surface area contributed by atoms with Gasteiger partial charge in [0.15, 0.2) is 0 Å². The van der Waals surface area contributed by atoms with Crippen molar-refractivity contribution in [3.05, 3.63) is 47.6 Å². The van der Waals surface area contributed by atoms with Crippen LogP contribution in [0.25, 0.3) is 0 Å². The maximum Gasteiger partial charge on any atom is 0.0209 e. The molecule has 0 aromatic heterocycles. The summed E-state index contributed by atoms with van der Waals surface area (Å²) in [6.45, 7) is 0. The molecule has 0 radical (unpaired) electrons. The summed E-state index contributed by atoms with van der Waals surface area (Å²) >= 11 is 0. The fourth-order valence-corrected chi connectivity index (χ4v) is 1.24. The molecule has 0 N–H and O–H groups in total. The summed E-state index contributed by atoms with van der Waals surface area (Å²) in [5.74, 6) is 6.29. The molecule has 0 fully saturated rings. The van der Waals surface area contributed by atoms with Crippen molar-refractivity contribution >= 4 is 0 Å². The summed E-state index contributed by atoms with van der Waals surface area (Å²) in [6, 6.07) is 0. The van der Waals surface area contributed by atoms with E-state index in [0.29, 0.717) is 0 Å². The minimum absolute atomic E-state index is 1.00. The molecule has 0 heteroatoms. The van der Waals surface area contributed by atoms with Gasteiger partial charge in [0.05, 0.1) is 0 Å². The van der Waals surface area contributed by atoms with E-state index in [9.17, 15) is 0 Å². The monoisotopic (exact) mass is 154 g/mol. The summed E-state index contributed by atoms with van der Waals surface area (Å²) in [4.78, 5) is 0. The van der Waals surface area contributed by atoms with Crippen molar-refractivity contribution in [3.8, 4) is 11.8 Å². The first-order valence-electron chi connectivity index (χ1n) is 4.19. The van der Waals surface area contributed by atoms with Crippen molar-refractivity contribution in [2.45, 2.75) is 12.8 Å². The molecule has 12 heavy (non-hydrogen) atoms. The standard InChI is InChI=1S/C12H10/c1-2-6-11(5-1)9-10-12-7-3-4-8-12/h1-3,5,7-8H,4,6H2. The molecule has 0 atom stereocenters. The lowest BCUT2D eigenvalue weighted by Crippen LogP contribution is -1.71. The van der Waals surface area contributed by atoms with Crippen LogP contribution in [0.4, 0.5) is 0 Å². The van der Waals surface area contributed by atoms with Gasteiger partial charge in [-0.2, -0.15) is 0 Å². The highest BCUT2D eigenvalue weighted by atomic mass is 14.0. The molecule has 0 spiro atoms. The first kappa shape index (κ1) is 7.18. The van der Waals surface area contributed by atoms with E-state index in [1.54, 1.807) is 0 Å². The average molecular weight is 154 g/mol. The Morgan fingerprint density at radius 2 is 2.17 bits per heavy atom. The molecule has 2 aliphatic carbocycles. The van der Waals surface area contributed by atoms with Crippen LogP contribution < -0.4 is 0 Å². The van der Waals surface area contributed by atoms with Crippen LogP contribution in [0, 0.1) is 11.8 Å². The van der Waals surface area contributed by atoms with Gasteiger partial charge in [-0.1, -0.05) is 48.3 Å². The zero-order valence-corrected chi connectivity index (χ0v) is 6.88. The number of allylic oxidation sites excluding steroid dienone is 8. The van der Waals surface area contributed by atoms with Gasteiger partial charge in [-0.25, -0.2) is 0 Å². The third-order valence-electron chi connectivity index (χ3n) is 1.91. The van der Waals surface area contributed by atoms with Gasteiger partial charge in [0.2, 0.25) is 0 Å². The highest BCUT2D eigenvalue weighted by Gasteiger charge is 1.94. The van der Waals surface area contributed by atoms with Gasteiger partial charge in [-0.3, -0.25) is 0 Å². The molecule has 0 aliphatic heterocycles. The zero-order valence-electron chi connectivity index (χ0n) is 6.88. The first-order chi connectivity index (χ1) is 5.95. The Balaban J connectivity index is 2.05. The van der Waals surface area contributed by atoms with Crippen LogP contribution in [0.2, 0.25) is 0 Å². The van der Waals surface area contributed by atoms with Crippen LogP contribution in [-0.4, -0.2) is 0 Å². The zero-order chi connectivity index (χ0) is 8.23. The second-order valence-corrected chi connectivity index (χ2v) is 2.87. The molecule has 0 unspecified atom stereocenters. The quantitative estimate of drug-likeness (QED) is 0.471. The Hall–Kier alpha value is -1.48. The van der Waals surface area contributed by atoms with Gasteiger partial charge in [0, 0.05) is 11.1 Å². The molecule has 0 amide bonds. The van der Waals surface area contributed by atoms with Gasteiger partial charge in [-0.05, 0) is 12.8 Å². The Morgan fingerprint density at radius 3 is 2.83 bits per heavy atom. The Labute approximate surface area is 73.0 Å². The van der Waals surface area contributed by atoms with Crippen molar-refractivity contribution < 1.29 is 0 Å². The predicted molar refractivity (Wildman–Crippen MR) is 51.5 cm³/mol. The predicted octanol–water partition coefficient (Wildman–Crippen LogP) is 2.76. The Morgan fingerprint density at radius 1 is 1.17 bits per heavy atom. The van der Waals surface area contributed by atoms with Crippen LogP contribution in [0.1, 0.15) is 12.8 Å². The molecule has 0 nitrogen and oxygen atoms in total. The van der Waals surface area contributed by atoms with Crippen LogP contribution in [0.3, 0.4) is 0 Å². The van der Waals surface area contributed by atoms with E-state index in [0.717, 1.165) is 18.4 Å². The maximum atomic E-state index is 3.15. The number of hydrogen-bond acceptors (Lipinski definition) is 0. The highest BCUT2D eigenvalue weighted by molar-refractivity contribution is 5.48. The molecule has 58 valence electrons. The van der Waals surface area contributed by atoms with Crippen molar-refractivity contribution in [3.63, 3.8) is 0 Å². The Bertz CT molecular complexity index is 351. The molecule has 0 saturated carbocycles. The lowest BCUT2D eigenvalue weighted by atomic mass is 10.2. The molecule has 0 saturated heterocycles. The van der Waals surface area contributed by atoms with Crippen molar-refractivity contribution in [2.75, 3.05) is 0 Å². The van der Waals surface area contributed by atoms with Crippen LogP contribution >= 0.6 is 0 Å². The van der Waals surface area contributed by atoms with Gasteiger partial charge in [-0.15, -0.1) is 0 Å². The highest BCUT2D eigenvalue weighted by Crippen LogP contribution is 2.10. The fourth-order valence-electron chi connectivity index (χ4n) is 1.24. The van der Waals surface area contributed by atoms with E-state index in [2.05, 4.69) is 48.3 Å². The number of rotatable bonds is 0. The molecule has 2 aliphatic rings. The summed E-state index contributed by atoms with van der Waals surface area (Å²) in [6.07, 6.45) is 14.7. The third kappa shape index (κ3) is 1.57. The Kier molecular flexibility index (Phi) is 1.96. The van der Waals surface area contributed by atoms with Crippen LogP contribution in [-0.2, 0) is 0 Å². The minimum atomic E-state index is 1.00. The second kappa shape index (κ2) is 3.28. The van der Waals surface area contributed by atoms with E-state index in [-0.39, 0.29) is 0 Å².